The van der Waals surface area contributed by atoms with Gasteiger partial charge in [0, 0.05) is 110 Å². The first-order valence-electron chi connectivity index (χ1n) is 27.0. The predicted molar refractivity (Wildman–Crippen MR) is 346 cm³/mol. The summed E-state index contributed by atoms with van der Waals surface area (Å²) in [6.45, 7) is -0.0406. The van der Waals surface area contributed by atoms with Gasteiger partial charge in [0.2, 0.25) is 6.71 Å². The molecule has 18 aromatic rings. The van der Waals surface area contributed by atoms with Gasteiger partial charge in [-0.1, -0.05) is 180 Å². The van der Waals surface area contributed by atoms with E-state index in [1.54, 1.807) is 0 Å². The summed E-state index contributed by atoms with van der Waals surface area (Å²) in [6, 6.07) is 95.5. The maximum atomic E-state index is 2.47. The van der Waals surface area contributed by atoms with E-state index in [0.717, 1.165) is 17.1 Å². The summed E-state index contributed by atoms with van der Waals surface area (Å²) in [5.74, 6) is 0. The molecule has 79 heavy (non-hydrogen) atoms. The molecule has 0 amide bonds. The van der Waals surface area contributed by atoms with Crippen molar-refractivity contribution >= 4 is 183 Å². The first-order chi connectivity index (χ1) is 39.2. The minimum Gasteiger partial charge on any atom is -0.309 e. The molecule has 0 spiro atoms. The molecule has 0 radical (unpaired) electrons. The third kappa shape index (κ3) is 6.23. The van der Waals surface area contributed by atoms with Crippen LogP contribution in [0.4, 0.5) is 0 Å². The average Bonchev–Trinajstić information content (AvgIpc) is 4.33. The molecule has 0 saturated heterocycles. The van der Waals surface area contributed by atoms with Gasteiger partial charge in [-0.25, -0.2) is 0 Å². The summed E-state index contributed by atoms with van der Waals surface area (Å²) in [4.78, 5) is 0. The fourth-order valence-corrected chi connectivity index (χ4v) is 17.3. The Bertz CT molecular complexity index is 5000. The molecule has 0 saturated carbocycles. The van der Waals surface area contributed by atoms with E-state index < -0.39 is 0 Å². The highest BCUT2D eigenvalue weighted by Crippen LogP contribution is 2.46. The second-order valence-corrected chi connectivity index (χ2v) is 24.2. The molecular formula is C72H42BN3S3. The molecule has 0 bridgehead atoms. The summed E-state index contributed by atoms with van der Waals surface area (Å²) in [5, 5.41) is 15.8. The number of aromatic nitrogens is 3. The van der Waals surface area contributed by atoms with Gasteiger partial charge in [0.1, 0.15) is 0 Å². The molecule has 7 heteroatoms. The van der Waals surface area contributed by atoms with Gasteiger partial charge in [-0.15, -0.1) is 34.0 Å². The summed E-state index contributed by atoms with van der Waals surface area (Å²) in [5.41, 5.74) is 14.5. The number of para-hydroxylation sites is 3. The van der Waals surface area contributed by atoms with Crippen LogP contribution in [-0.4, -0.2) is 20.4 Å². The van der Waals surface area contributed by atoms with Gasteiger partial charge < -0.3 is 13.7 Å². The van der Waals surface area contributed by atoms with Crippen LogP contribution in [-0.2, 0) is 0 Å². The van der Waals surface area contributed by atoms with Crippen LogP contribution >= 0.6 is 34.0 Å². The zero-order valence-corrected chi connectivity index (χ0v) is 44.8. The van der Waals surface area contributed by atoms with Gasteiger partial charge in [0.05, 0.1) is 33.1 Å². The summed E-state index contributed by atoms with van der Waals surface area (Å²) >= 11 is 5.71. The molecule has 0 aliphatic carbocycles. The summed E-state index contributed by atoms with van der Waals surface area (Å²) in [6.07, 6.45) is 0. The highest BCUT2D eigenvalue weighted by molar-refractivity contribution is 7.27. The summed E-state index contributed by atoms with van der Waals surface area (Å²) < 4.78 is 15.4. The van der Waals surface area contributed by atoms with Crippen molar-refractivity contribution in [2.24, 2.45) is 0 Å². The van der Waals surface area contributed by atoms with Crippen molar-refractivity contribution in [2.45, 2.75) is 0 Å². The van der Waals surface area contributed by atoms with Crippen LogP contribution in [0.25, 0.3) is 143 Å². The molecule has 6 heterocycles. The molecule has 366 valence electrons. The number of hydrogen-bond donors (Lipinski definition) is 0. The molecule has 3 nitrogen and oxygen atoms in total. The Morgan fingerprint density at radius 3 is 0.785 bits per heavy atom. The minimum absolute atomic E-state index is 0.0406. The van der Waals surface area contributed by atoms with Crippen molar-refractivity contribution in [1.29, 1.82) is 0 Å². The maximum absolute atomic E-state index is 2.47. The van der Waals surface area contributed by atoms with Crippen molar-refractivity contribution in [3.05, 3.63) is 255 Å². The van der Waals surface area contributed by atoms with Gasteiger partial charge in [0.15, 0.2) is 0 Å². The predicted octanol–water partition coefficient (Wildman–Crippen LogP) is 18.6. The van der Waals surface area contributed by atoms with Gasteiger partial charge in [0.25, 0.3) is 0 Å². The van der Waals surface area contributed by atoms with E-state index in [-0.39, 0.29) is 6.71 Å². The van der Waals surface area contributed by atoms with E-state index in [4.69, 9.17) is 0 Å². The van der Waals surface area contributed by atoms with Gasteiger partial charge in [-0.2, -0.15) is 0 Å². The maximum Gasteiger partial charge on any atom is 0.241 e. The lowest BCUT2D eigenvalue weighted by molar-refractivity contribution is 1.18. The molecule has 12 aromatic carbocycles. The van der Waals surface area contributed by atoms with E-state index in [2.05, 4.69) is 268 Å². The minimum atomic E-state index is -0.0406. The van der Waals surface area contributed by atoms with Crippen molar-refractivity contribution in [2.75, 3.05) is 0 Å². The molecule has 0 aliphatic rings. The Hall–Kier alpha value is -9.24. The molecule has 0 aliphatic heterocycles. The summed E-state index contributed by atoms with van der Waals surface area (Å²) in [7, 11) is 0. The Morgan fingerprint density at radius 2 is 0.481 bits per heavy atom. The monoisotopic (exact) mass is 1060 g/mol. The van der Waals surface area contributed by atoms with Crippen LogP contribution in [0.15, 0.2) is 255 Å². The zero-order valence-electron chi connectivity index (χ0n) is 42.4. The topological polar surface area (TPSA) is 14.8 Å². The molecule has 6 aromatic heterocycles. The largest absolute Gasteiger partial charge is 0.309 e. The fraction of sp³-hybridized carbons (Fsp3) is 0. The Labute approximate surface area is 465 Å². The first kappa shape index (κ1) is 43.8. The quantitative estimate of drug-likeness (QED) is 0.147. The normalized spacial score (nSPS) is 12.3. The van der Waals surface area contributed by atoms with Crippen molar-refractivity contribution in [3.63, 3.8) is 0 Å². The third-order valence-corrected chi connectivity index (χ3v) is 20.6. The van der Waals surface area contributed by atoms with E-state index in [9.17, 15) is 0 Å². The van der Waals surface area contributed by atoms with Crippen LogP contribution in [0.5, 0.6) is 0 Å². The van der Waals surface area contributed by atoms with E-state index in [0.29, 0.717) is 0 Å². The molecule has 0 atom stereocenters. The number of benzene rings is 12. The van der Waals surface area contributed by atoms with E-state index >= 15 is 0 Å². The highest BCUT2D eigenvalue weighted by Gasteiger charge is 2.26. The van der Waals surface area contributed by atoms with Crippen molar-refractivity contribution < 1.29 is 0 Å². The van der Waals surface area contributed by atoms with E-state index in [1.165, 1.54) is 142 Å². The number of hydrogen-bond acceptors (Lipinski definition) is 3. The van der Waals surface area contributed by atoms with Crippen LogP contribution in [0.3, 0.4) is 0 Å². The fourth-order valence-electron chi connectivity index (χ4n) is 13.6. The average molecular weight is 1060 g/mol. The lowest BCUT2D eigenvalue weighted by Gasteiger charge is -2.18. The Kier molecular flexibility index (Phi) is 9.23. The first-order valence-corrected chi connectivity index (χ1v) is 29.5. The van der Waals surface area contributed by atoms with E-state index in [1.807, 2.05) is 34.0 Å². The lowest BCUT2D eigenvalue weighted by atomic mass is 9.37. The Morgan fingerprint density at radius 1 is 0.215 bits per heavy atom. The van der Waals surface area contributed by atoms with Gasteiger partial charge >= 0.3 is 0 Å². The van der Waals surface area contributed by atoms with Crippen LogP contribution < -0.4 is 16.4 Å². The molecule has 18 rings (SSSR count). The smallest absolute Gasteiger partial charge is 0.241 e. The van der Waals surface area contributed by atoms with Crippen LogP contribution in [0, 0.1) is 0 Å². The van der Waals surface area contributed by atoms with Crippen molar-refractivity contribution in [1.82, 2.24) is 13.7 Å². The molecule has 0 fully saturated rings. The second-order valence-electron chi connectivity index (χ2n) is 21.1. The zero-order chi connectivity index (χ0) is 51.4. The van der Waals surface area contributed by atoms with Crippen LogP contribution in [0.2, 0.25) is 0 Å². The molecular weight excluding hydrogens is 1010 g/mol. The van der Waals surface area contributed by atoms with Gasteiger partial charge in [-0.3, -0.25) is 0 Å². The van der Waals surface area contributed by atoms with Gasteiger partial charge in [-0.05, 0) is 91.0 Å². The standard InChI is InChI=1S/C72H42BN3S3/c1-7-19-58-55(16-1)67-61(40-37-52-49-13-4-10-22-64(49)77-70(52)67)74(58)46-31-25-43(26-32-46)73(44-27-33-47(34-28-44)75-59-20-8-2-17-56(59)68-62(75)41-38-53-50-14-5-11-23-65(50)78-71(53)68)45-29-35-48(36-30-45)76-60-21-9-3-18-57(60)69-63(76)42-39-54-51-15-6-12-24-66(51)79-72(54)69/h1-42H. The SMILES string of the molecule is c1ccc2c(c1)sc1c2ccc2c1c1ccccc1n2-c1ccc(B(c2ccc(-n3c4ccccc4c4c5sc6ccccc6c5ccc43)cc2)c2ccc(-n3c4ccccc4c4c5sc6ccccc6c5ccc43)cc2)cc1. The lowest BCUT2D eigenvalue weighted by Crippen LogP contribution is -2.52. The third-order valence-electron chi connectivity index (χ3n) is 17.0. The highest BCUT2D eigenvalue weighted by atomic mass is 32.1. The number of rotatable bonds is 6. The molecule has 0 unspecified atom stereocenters. The second kappa shape index (κ2) is 16.6. The Balaban J connectivity index is 0.796. The van der Waals surface area contributed by atoms with Crippen molar-refractivity contribution in [3.8, 4) is 17.1 Å². The number of fused-ring (bicyclic) bond motifs is 21. The van der Waals surface area contributed by atoms with Crippen LogP contribution in [0.1, 0.15) is 0 Å². The number of nitrogens with zero attached hydrogens (tertiary/aromatic N) is 3. The number of thiophene rings is 3. The molecule has 0 N–H and O–H groups in total.